The van der Waals surface area contributed by atoms with E-state index in [9.17, 15) is 19.2 Å². The van der Waals surface area contributed by atoms with E-state index in [1.54, 1.807) is 12.5 Å². The fourth-order valence-electron chi connectivity index (χ4n) is 7.76. The van der Waals surface area contributed by atoms with Crippen molar-refractivity contribution >= 4 is 23.5 Å². The van der Waals surface area contributed by atoms with Crippen LogP contribution in [-0.4, -0.2) is 30.6 Å². The van der Waals surface area contributed by atoms with Gasteiger partial charge in [0, 0.05) is 21.8 Å². The van der Waals surface area contributed by atoms with Gasteiger partial charge in [-0.05, 0) is 42.7 Å². The van der Waals surface area contributed by atoms with Gasteiger partial charge in [-0.2, -0.15) is 0 Å². The lowest BCUT2D eigenvalue weighted by Crippen LogP contribution is -2.64. The average Bonchev–Trinajstić information content (AvgIpc) is 3.32. The molecule has 7 nitrogen and oxygen atoms in total. The molecule has 1 aromatic heterocycles. The van der Waals surface area contributed by atoms with Gasteiger partial charge in [-0.1, -0.05) is 33.3 Å². The summed E-state index contributed by atoms with van der Waals surface area (Å²) in [5, 5.41) is 0. The predicted octanol–water partition coefficient (Wildman–Crippen LogP) is 4.36. The molecule has 34 heavy (non-hydrogen) atoms. The number of esters is 2. The average molecular weight is 469 g/mol. The van der Waals surface area contributed by atoms with Gasteiger partial charge in [0.05, 0.1) is 38.4 Å². The van der Waals surface area contributed by atoms with Gasteiger partial charge in [-0.25, -0.2) is 0 Å². The number of hydrogen-bond donors (Lipinski definition) is 0. The van der Waals surface area contributed by atoms with E-state index in [1.165, 1.54) is 7.11 Å². The first-order valence-electron chi connectivity index (χ1n) is 12.1. The lowest BCUT2D eigenvalue weighted by Gasteiger charge is -2.61. The van der Waals surface area contributed by atoms with Gasteiger partial charge in [-0.3, -0.25) is 19.2 Å². The third kappa shape index (κ3) is 2.88. The number of ketones is 2. The first-order valence-corrected chi connectivity index (χ1v) is 12.1. The Kier molecular flexibility index (Phi) is 5.02. The fraction of sp³-hybridized carbons (Fsp3) is 0.630. The molecule has 6 atom stereocenters. The molecule has 1 aromatic rings. The van der Waals surface area contributed by atoms with Gasteiger partial charge in [0.1, 0.15) is 17.7 Å². The van der Waals surface area contributed by atoms with Crippen molar-refractivity contribution in [1.29, 1.82) is 0 Å². The summed E-state index contributed by atoms with van der Waals surface area (Å²) in [4.78, 5) is 52.6. The van der Waals surface area contributed by atoms with E-state index >= 15 is 0 Å². The van der Waals surface area contributed by atoms with Crippen LogP contribution in [-0.2, 0) is 28.7 Å². The molecule has 2 saturated carbocycles. The summed E-state index contributed by atoms with van der Waals surface area (Å²) in [6.45, 7) is 7.77. The first-order chi connectivity index (χ1) is 16.0. The zero-order chi connectivity index (χ0) is 24.6. The minimum absolute atomic E-state index is 0.0142. The lowest BCUT2D eigenvalue weighted by atomic mass is 9.41. The smallest absolute Gasteiger partial charge is 0.310 e. The van der Waals surface area contributed by atoms with Crippen molar-refractivity contribution in [3.8, 4) is 0 Å². The molecule has 0 radical (unpaired) electrons. The number of rotatable bonds is 3. The molecule has 3 fully saturated rings. The molecule has 2 heterocycles. The number of hydrogen-bond acceptors (Lipinski definition) is 7. The largest absolute Gasteiger partial charge is 0.472 e. The van der Waals surface area contributed by atoms with Crippen molar-refractivity contribution in [2.75, 3.05) is 7.11 Å². The number of cyclic esters (lactones) is 1. The van der Waals surface area contributed by atoms with Crippen LogP contribution in [0.5, 0.6) is 0 Å². The molecule has 1 aliphatic heterocycles. The highest BCUT2D eigenvalue weighted by molar-refractivity contribution is 6.11. The summed E-state index contributed by atoms with van der Waals surface area (Å²) in [5.74, 6) is -2.26. The van der Waals surface area contributed by atoms with Crippen LogP contribution in [0.1, 0.15) is 71.5 Å². The monoisotopic (exact) mass is 468 g/mol. The van der Waals surface area contributed by atoms with E-state index in [2.05, 4.69) is 6.92 Å². The third-order valence-electron chi connectivity index (χ3n) is 9.59. The van der Waals surface area contributed by atoms with Crippen molar-refractivity contribution in [2.24, 2.45) is 34.0 Å². The summed E-state index contributed by atoms with van der Waals surface area (Å²) in [5.41, 5.74) is 0.703. The number of methoxy groups -OCH3 is 1. The normalized spacial score (nSPS) is 38.7. The van der Waals surface area contributed by atoms with Crippen LogP contribution in [0.2, 0.25) is 0 Å². The van der Waals surface area contributed by atoms with Crippen LogP contribution >= 0.6 is 0 Å². The summed E-state index contributed by atoms with van der Waals surface area (Å²) < 4.78 is 16.1. The number of ether oxygens (including phenoxy) is 2. The Labute approximate surface area is 199 Å². The quantitative estimate of drug-likeness (QED) is 0.369. The molecular formula is C27H32O7. The summed E-state index contributed by atoms with van der Waals surface area (Å²) in [6, 6.07) is 1.82. The number of allylic oxidation sites excluding steroid dienone is 1. The molecule has 0 spiro atoms. The molecule has 0 amide bonds. The first kappa shape index (κ1) is 23.1. The standard InChI is InChI=1S/C27H32O7/c1-25(2)19(12-20(28)32-5)27(4)17-6-8-26(3)18(15(17)10-16(22(25)30)23(27)31)11-21(29)34-24(26)14-7-9-33-13-14/h7,9,13,16-17,19,24H,6,8,10-12H2,1-5H3/t16-,17?,19+,24+,26-,27-/m1/s1. The van der Waals surface area contributed by atoms with Gasteiger partial charge >= 0.3 is 11.9 Å². The van der Waals surface area contributed by atoms with Crippen LogP contribution in [0.3, 0.4) is 0 Å². The van der Waals surface area contributed by atoms with Crippen LogP contribution in [0.25, 0.3) is 0 Å². The van der Waals surface area contributed by atoms with E-state index in [-0.39, 0.29) is 36.3 Å². The molecule has 7 heteroatoms. The molecule has 1 saturated heterocycles. The van der Waals surface area contributed by atoms with E-state index in [1.807, 2.05) is 26.8 Å². The Morgan fingerprint density at radius 1 is 1.15 bits per heavy atom. The second-order valence-electron chi connectivity index (χ2n) is 11.4. The molecule has 0 aromatic carbocycles. The maximum absolute atomic E-state index is 13.8. The van der Waals surface area contributed by atoms with Gasteiger partial charge in [0.2, 0.25) is 0 Å². The zero-order valence-electron chi connectivity index (χ0n) is 20.4. The Balaban J connectivity index is 1.68. The van der Waals surface area contributed by atoms with Gasteiger partial charge < -0.3 is 13.9 Å². The number of Topliss-reactive ketones (excluding diaryl/α,β-unsaturated/α-hetero) is 2. The highest BCUT2D eigenvalue weighted by Crippen LogP contribution is 2.66. The Morgan fingerprint density at radius 3 is 2.53 bits per heavy atom. The SMILES string of the molecule is COC(=O)C[C@H]1C(C)(C)C(=O)[C@H]2CC3=C4CC(=O)O[C@@H](c5ccoc5)[C@]4(C)CCC3[C@@]1(C)C2=O. The maximum Gasteiger partial charge on any atom is 0.310 e. The van der Waals surface area contributed by atoms with E-state index < -0.39 is 40.2 Å². The fourth-order valence-corrected chi connectivity index (χ4v) is 7.76. The molecule has 4 aliphatic rings. The van der Waals surface area contributed by atoms with Crippen LogP contribution in [0.4, 0.5) is 0 Å². The van der Waals surface area contributed by atoms with Crippen molar-refractivity contribution < 1.29 is 33.1 Å². The van der Waals surface area contributed by atoms with E-state index in [0.29, 0.717) is 6.42 Å². The number of fused-ring (bicyclic) bond motifs is 5. The number of furan rings is 1. The zero-order valence-corrected chi connectivity index (χ0v) is 20.4. The highest BCUT2D eigenvalue weighted by Gasteiger charge is 2.67. The molecule has 1 unspecified atom stereocenters. The maximum atomic E-state index is 13.8. The van der Waals surface area contributed by atoms with Crippen molar-refractivity contribution in [3.63, 3.8) is 0 Å². The molecule has 0 N–H and O–H groups in total. The second kappa shape index (κ2) is 7.40. The highest BCUT2D eigenvalue weighted by atomic mass is 16.5. The third-order valence-corrected chi connectivity index (χ3v) is 9.59. The topological polar surface area (TPSA) is 99.9 Å². The van der Waals surface area contributed by atoms with Gasteiger partial charge in [0.25, 0.3) is 0 Å². The number of carbonyl (C=O) groups is 4. The summed E-state index contributed by atoms with van der Waals surface area (Å²) >= 11 is 0. The predicted molar refractivity (Wildman–Crippen MR) is 120 cm³/mol. The van der Waals surface area contributed by atoms with Crippen LogP contribution in [0, 0.1) is 34.0 Å². The lowest BCUT2D eigenvalue weighted by molar-refractivity contribution is -0.172. The second-order valence-corrected chi connectivity index (χ2v) is 11.4. The number of carbonyl (C=O) groups excluding carboxylic acids is 4. The molecule has 3 aliphatic carbocycles. The minimum Gasteiger partial charge on any atom is -0.472 e. The van der Waals surface area contributed by atoms with Crippen LogP contribution in [0.15, 0.2) is 34.2 Å². The van der Waals surface area contributed by atoms with E-state index in [0.717, 1.165) is 29.6 Å². The minimum atomic E-state index is -0.884. The van der Waals surface area contributed by atoms with Crippen molar-refractivity contribution in [2.45, 2.75) is 65.9 Å². The molecular weight excluding hydrogens is 436 g/mol. The summed E-state index contributed by atoms with van der Waals surface area (Å²) in [6.07, 6.45) is 4.68. The van der Waals surface area contributed by atoms with Crippen molar-refractivity contribution in [1.82, 2.24) is 0 Å². The molecule has 182 valence electrons. The molecule has 2 bridgehead atoms. The Bertz CT molecular complexity index is 1110. The van der Waals surface area contributed by atoms with E-state index in [4.69, 9.17) is 13.9 Å². The Hall–Kier alpha value is -2.70. The van der Waals surface area contributed by atoms with Crippen LogP contribution < -0.4 is 0 Å². The Morgan fingerprint density at radius 2 is 1.88 bits per heavy atom. The van der Waals surface area contributed by atoms with Gasteiger partial charge in [-0.15, -0.1) is 0 Å². The molecule has 5 rings (SSSR count). The van der Waals surface area contributed by atoms with Gasteiger partial charge in [0.15, 0.2) is 0 Å². The summed E-state index contributed by atoms with van der Waals surface area (Å²) in [7, 11) is 1.33. The van der Waals surface area contributed by atoms with Crippen molar-refractivity contribution in [3.05, 3.63) is 35.3 Å².